The van der Waals surface area contributed by atoms with Gasteiger partial charge in [0.25, 0.3) is 0 Å². The summed E-state index contributed by atoms with van der Waals surface area (Å²) in [5.74, 6) is -0.701. The van der Waals surface area contributed by atoms with Gasteiger partial charge in [-0.1, -0.05) is 6.07 Å². The number of hydrogen-bond acceptors (Lipinski definition) is 8. The Morgan fingerprint density at radius 2 is 1.31 bits per heavy atom. The molecule has 0 N–H and O–H groups in total. The maximum Gasteiger partial charge on any atom is 0.334 e. The molecule has 1 aliphatic rings. The molecule has 0 bridgehead atoms. The summed E-state index contributed by atoms with van der Waals surface area (Å²) < 4.78 is 31.8. The molecule has 0 amide bonds. The van der Waals surface area contributed by atoms with Crippen molar-refractivity contribution < 1.29 is 38.0 Å². The van der Waals surface area contributed by atoms with Gasteiger partial charge in [0.05, 0.1) is 54.1 Å². The highest BCUT2D eigenvalue weighted by Crippen LogP contribution is 2.48. The van der Waals surface area contributed by atoms with Gasteiger partial charge in [-0.15, -0.1) is 0 Å². The Morgan fingerprint density at radius 3 is 1.88 bits per heavy atom. The lowest BCUT2D eigenvalue weighted by molar-refractivity contribution is -0.147. The van der Waals surface area contributed by atoms with Gasteiger partial charge in [0.2, 0.25) is 0 Å². The van der Waals surface area contributed by atoms with Gasteiger partial charge in [0.1, 0.15) is 0 Å². The molecule has 0 spiro atoms. The molecule has 0 aromatic heterocycles. The van der Waals surface area contributed by atoms with Crippen LogP contribution < -0.4 is 18.9 Å². The fourth-order valence-corrected chi connectivity index (χ4v) is 4.03. The molecule has 0 heterocycles. The predicted octanol–water partition coefficient (Wildman–Crippen LogP) is 3.21. The largest absolute Gasteiger partial charge is 0.493 e. The zero-order chi connectivity index (χ0) is 23.4. The van der Waals surface area contributed by atoms with Crippen molar-refractivity contribution in [3.63, 3.8) is 0 Å². The Labute approximate surface area is 186 Å². The molecule has 2 atom stereocenters. The van der Waals surface area contributed by atoms with E-state index in [9.17, 15) is 9.59 Å². The number of ether oxygens (including phenoxy) is 6. The van der Waals surface area contributed by atoms with Crippen LogP contribution in [0.25, 0.3) is 6.08 Å². The van der Waals surface area contributed by atoms with Crippen LogP contribution in [0.5, 0.6) is 23.0 Å². The van der Waals surface area contributed by atoms with Crippen LogP contribution in [0.2, 0.25) is 0 Å². The van der Waals surface area contributed by atoms with E-state index in [1.54, 1.807) is 37.5 Å². The van der Waals surface area contributed by atoms with Crippen molar-refractivity contribution in [3.8, 4) is 23.0 Å². The van der Waals surface area contributed by atoms with Crippen LogP contribution in [0.4, 0.5) is 0 Å². The van der Waals surface area contributed by atoms with Crippen molar-refractivity contribution in [3.05, 3.63) is 52.6 Å². The maximum absolute atomic E-state index is 13.0. The third-order valence-corrected chi connectivity index (χ3v) is 5.55. The summed E-state index contributed by atoms with van der Waals surface area (Å²) in [7, 11) is 8.69. The Bertz CT molecular complexity index is 1060. The van der Waals surface area contributed by atoms with Gasteiger partial charge in [-0.3, -0.25) is 4.79 Å². The molecule has 0 unspecified atom stereocenters. The van der Waals surface area contributed by atoms with Gasteiger partial charge < -0.3 is 28.4 Å². The lowest BCUT2D eigenvalue weighted by Gasteiger charge is -2.33. The molecular formula is C24H26O8. The van der Waals surface area contributed by atoms with Gasteiger partial charge in [0.15, 0.2) is 23.0 Å². The minimum Gasteiger partial charge on any atom is -0.493 e. The first-order valence-electron chi connectivity index (χ1n) is 9.79. The van der Waals surface area contributed by atoms with E-state index >= 15 is 0 Å². The van der Waals surface area contributed by atoms with Crippen molar-refractivity contribution >= 4 is 18.0 Å². The Hall–Kier alpha value is -3.68. The van der Waals surface area contributed by atoms with Crippen LogP contribution in [0.3, 0.4) is 0 Å². The number of methoxy groups -OCH3 is 6. The van der Waals surface area contributed by atoms with Gasteiger partial charge in [-0.2, -0.15) is 0 Å². The zero-order valence-corrected chi connectivity index (χ0v) is 18.9. The number of carbonyl (C=O) groups is 2. The van der Waals surface area contributed by atoms with Gasteiger partial charge in [0, 0.05) is 5.92 Å². The van der Waals surface area contributed by atoms with Crippen molar-refractivity contribution in [2.45, 2.75) is 5.92 Å². The Balaban J connectivity index is 2.34. The van der Waals surface area contributed by atoms with E-state index < -0.39 is 23.8 Å². The summed E-state index contributed by atoms with van der Waals surface area (Å²) in [6.45, 7) is 0. The summed E-state index contributed by atoms with van der Waals surface area (Å²) in [6.07, 6.45) is 1.63. The maximum atomic E-state index is 13.0. The van der Waals surface area contributed by atoms with E-state index in [2.05, 4.69) is 0 Å². The van der Waals surface area contributed by atoms with Crippen molar-refractivity contribution in [1.29, 1.82) is 0 Å². The van der Waals surface area contributed by atoms with Crippen molar-refractivity contribution in [2.24, 2.45) is 5.92 Å². The first-order chi connectivity index (χ1) is 15.4. The van der Waals surface area contributed by atoms with Crippen LogP contribution in [0, 0.1) is 5.92 Å². The number of fused-ring (bicyclic) bond motifs is 1. The molecule has 3 rings (SSSR count). The van der Waals surface area contributed by atoms with Crippen LogP contribution in [0.15, 0.2) is 35.9 Å². The minimum absolute atomic E-state index is 0.179. The molecule has 1 aliphatic carbocycles. The molecule has 0 aliphatic heterocycles. The fraction of sp³-hybridized carbons (Fsp3) is 0.333. The lowest BCUT2D eigenvalue weighted by Crippen LogP contribution is -2.32. The summed E-state index contributed by atoms with van der Waals surface area (Å²) in [4.78, 5) is 25.7. The molecule has 8 heteroatoms. The van der Waals surface area contributed by atoms with Gasteiger partial charge in [-0.05, 0) is 47.0 Å². The average molecular weight is 442 g/mol. The zero-order valence-electron chi connectivity index (χ0n) is 18.9. The number of benzene rings is 2. The molecule has 8 nitrogen and oxygen atoms in total. The van der Waals surface area contributed by atoms with Crippen molar-refractivity contribution in [2.75, 3.05) is 42.7 Å². The van der Waals surface area contributed by atoms with E-state index in [0.717, 1.165) is 11.1 Å². The summed E-state index contributed by atoms with van der Waals surface area (Å²) >= 11 is 0. The third kappa shape index (κ3) is 3.95. The molecule has 0 radical (unpaired) electrons. The van der Waals surface area contributed by atoms with E-state index in [4.69, 9.17) is 28.4 Å². The SMILES string of the molecule is COC(=O)C1=Cc2cc(OC)c(OC)cc2[C@H](c2ccc(OC)c(OC)c2)[C@H]1C(=O)OC. The van der Waals surface area contributed by atoms with Crippen molar-refractivity contribution in [1.82, 2.24) is 0 Å². The second-order valence-electron chi connectivity index (χ2n) is 7.02. The first kappa shape index (κ1) is 23.0. The third-order valence-electron chi connectivity index (χ3n) is 5.55. The lowest BCUT2D eigenvalue weighted by atomic mass is 9.71. The fourth-order valence-electron chi connectivity index (χ4n) is 4.03. The highest BCUT2D eigenvalue weighted by Gasteiger charge is 2.42. The highest BCUT2D eigenvalue weighted by molar-refractivity contribution is 6.02. The first-order valence-corrected chi connectivity index (χ1v) is 9.79. The van der Waals surface area contributed by atoms with Crippen LogP contribution in [0.1, 0.15) is 22.6 Å². The molecular weight excluding hydrogens is 416 g/mol. The monoisotopic (exact) mass is 442 g/mol. The summed E-state index contributed by atoms with van der Waals surface area (Å²) in [5, 5.41) is 0. The normalized spacial score (nSPS) is 16.9. The molecule has 2 aromatic rings. The van der Waals surface area contributed by atoms with Crippen LogP contribution in [-0.4, -0.2) is 54.6 Å². The van der Waals surface area contributed by atoms with E-state index in [1.165, 1.54) is 35.5 Å². The highest BCUT2D eigenvalue weighted by atomic mass is 16.5. The second-order valence-corrected chi connectivity index (χ2v) is 7.02. The number of hydrogen-bond donors (Lipinski definition) is 0. The van der Waals surface area contributed by atoms with Crippen LogP contribution >= 0.6 is 0 Å². The Morgan fingerprint density at radius 1 is 0.719 bits per heavy atom. The molecule has 32 heavy (non-hydrogen) atoms. The minimum atomic E-state index is -0.948. The molecule has 2 aromatic carbocycles. The van der Waals surface area contributed by atoms with E-state index in [-0.39, 0.29) is 5.57 Å². The predicted molar refractivity (Wildman–Crippen MR) is 116 cm³/mol. The van der Waals surface area contributed by atoms with Gasteiger partial charge in [-0.25, -0.2) is 4.79 Å². The summed E-state index contributed by atoms with van der Waals surface area (Å²) in [6, 6.07) is 8.91. The molecule has 0 saturated carbocycles. The molecule has 170 valence electrons. The topological polar surface area (TPSA) is 89.5 Å². The quantitative estimate of drug-likeness (QED) is 0.604. The summed E-state index contributed by atoms with van der Waals surface area (Å²) in [5.41, 5.74) is 2.36. The number of carbonyl (C=O) groups excluding carboxylic acids is 2. The van der Waals surface area contributed by atoms with Crippen LogP contribution in [-0.2, 0) is 19.1 Å². The number of rotatable bonds is 7. The standard InChI is InChI=1S/C24H26O8/c1-27-17-8-7-13(10-18(17)28-2)21-15-12-20(30-4)19(29-3)11-14(15)9-16(23(25)31-5)22(21)24(26)32-6/h7-12,21-22H,1-6H3/t21-,22-/m0/s1. The smallest absolute Gasteiger partial charge is 0.334 e. The van der Waals surface area contributed by atoms with E-state index in [0.29, 0.717) is 28.6 Å². The molecule has 0 fully saturated rings. The molecule has 0 saturated heterocycles. The Kier molecular flexibility index (Phi) is 6.92. The van der Waals surface area contributed by atoms with E-state index in [1.807, 2.05) is 6.07 Å². The number of esters is 2. The second kappa shape index (κ2) is 9.64. The van der Waals surface area contributed by atoms with Gasteiger partial charge >= 0.3 is 11.9 Å². The average Bonchev–Trinajstić information content (AvgIpc) is 2.84.